The maximum Gasteiger partial charge on any atom is 0.223 e. The van der Waals surface area contributed by atoms with Gasteiger partial charge in [0, 0.05) is 51.8 Å². The van der Waals surface area contributed by atoms with E-state index in [1.54, 1.807) is 18.7 Å². The molecule has 1 aliphatic heterocycles. The maximum atomic E-state index is 5.58. The number of furan rings is 1. The second kappa shape index (κ2) is 7.67. The van der Waals surface area contributed by atoms with Crippen molar-refractivity contribution < 1.29 is 9.15 Å². The lowest BCUT2D eigenvalue weighted by atomic mass is 10.2. The van der Waals surface area contributed by atoms with Gasteiger partial charge in [-0.25, -0.2) is 15.0 Å². The summed E-state index contributed by atoms with van der Waals surface area (Å²) < 4.78 is 12.9. The second-order valence-corrected chi connectivity index (χ2v) is 6.18. The maximum absolute atomic E-state index is 5.58. The SMILES string of the molecule is Cn1ccnc1-c1cnc(NCCN2CCOCC2)nc1-c1ccco1. The molecule has 0 spiro atoms. The van der Waals surface area contributed by atoms with Crippen LogP contribution < -0.4 is 5.32 Å². The van der Waals surface area contributed by atoms with Crippen molar-refractivity contribution in [2.45, 2.75) is 0 Å². The zero-order chi connectivity index (χ0) is 17.8. The van der Waals surface area contributed by atoms with Crippen molar-refractivity contribution in [3.63, 3.8) is 0 Å². The number of nitrogens with zero attached hydrogens (tertiary/aromatic N) is 5. The first-order valence-corrected chi connectivity index (χ1v) is 8.74. The van der Waals surface area contributed by atoms with Crippen LogP contribution in [0.1, 0.15) is 0 Å². The molecule has 8 heteroatoms. The highest BCUT2D eigenvalue weighted by Crippen LogP contribution is 2.29. The molecular formula is C18H22N6O2. The van der Waals surface area contributed by atoms with Crippen LogP contribution in [0.15, 0.2) is 41.4 Å². The number of aryl methyl sites for hydroxylation is 1. The summed E-state index contributed by atoms with van der Waals surface area (Å²) in [5.41, 5.74) is 1.57. The summed E-state index contributed by atoms with van der Waals surface area (Å²) in [5.74, 6) is 2.08. The van der Waals surface area contributed by atoms with E-state index in [0.717, 1.165) is 56.5 Å². The standard InChI is InChI=1S/C18H22N6O2/c1-23-6-4-19-17(23)14-13-21-18(22-16(14)15-3-2-10-26-15)20-5-7-24-8-11-25-12-9-24/h2-4,6,10,13H,5,7-9,11-12H2,1H3,(H,20,21,22). The number of nitrogens with one attached hydrogen (secondary N) is 1. The van der Waals surface area contributed by atoms with Crippen LogP contribution in [0.5, 0.6) is 0 Å². The fraction of sp³-hybridized carbons (Fsp3) is 0.389. The summed E-state index contributed by atoms with van der Waals surface area (Å²) in [6.07, 6.45) is 7.10. The lowest BCUT2D eigenvalue weighted by Gasteiger charge is -2.26. The Morgan fingerprint density at radius 1 is 1.23 bits per heavy atom. The number of hydrogen-bond donors (Lipinski definition) is 1. The van der Waals surface area contributed by atoms with Crippen molar-refractivity contribution in [3.8, 4) is 22.8 Å². The number of imidazole rings is 1. The molecule has 1 saturated heterocycles. The van der Waals surface area contributed by atoms with E-state index >= 15 is 0 Å². The van der Waals surface area contributed by atoms with Crippen LogP contribution in [-0.2, 0) is 11.8 Å². The molecule has 0 radical (unpaired) electrons. The van der Waals surface area contributed by atoms with Crippen LogP contribution in [0.3, 0.4) is 0 Å². The summed E-state index contributed by atoms with van der Waals surface area (Å²) in [7, 11) is 1.95. The summed E-state index contributed by atoms with van der Waals surface area (Å²) in [4.78, 5) is 15.9. The zero-order valence-electron chi connectivity index (χ0n) is 14.8. The molecule has 0 unspecified atom stereocenters. The molecule has 0 aliphatic carbocycles. The molecule has 3 aromatic rings. The van der Waals surface area contributed by atoms with Crippen molar-refractivity contribution in [3.05, 3.63) is 37.0 Å². The Balaban J connectivity index is 1.53. The first-order chi connectivity index (χ1) is 12.8. The molecule has 26 heavy (non-hydrogen) atoms. The summed E-state index contributed by atoms with van der Waals surface area (Å²) in [6, 6.07) is 3.75. The lowest BCUT2D eigenvalue weighted by molar-refractivity contribution is 0.0398. The molecule has 1 fully saturated rings. The fourth-order valence-corrected chi connectivity index (χ4v) is 3.01. The fourth-order valence-electron chi connectivity index (χ4n) is 3.01. The van der Waals surface area contributed by atoms with Gasteiger partial charge in [-0.3, -0.25) is 4.90 Å². The molecule has 4 heterocycles. The number of ether oxygens (including phenoxy) is 1. The van der Waals surface area contributed by atoms with Gasteiger partial charge in [-0.05, 0) is 12.1 Å². The minimum atomic E-state index is 0.586. The number of aromatic nitrogens is 4. The number of hydrogen-bond acceptors (Lipinski definition) is 7. The number of rotatable bonds is 6. The molecule has 0 aromatic carbocycles. The Bertz CT molecular complexity index is 839. The molecule has 0 bridgehead atoms. The van der Waals surface area contributed by atoms with Crippen LogP contribution in [0.25, 0.3) is 22.8 Å². The quantitative estimate of drug-likeness (QED) is 0.724. The molecule has 136 valence electrons. The topological polar surface area (TPSA) is 81.2 Å². The van der Waals surface area contributed by atoms with Gasteiger partial charge < -0.3 is 19.0 Å². The van der Waals surface area contributed by atoms with E-state index in [2.05, 4.69) is 25.2 Å². The first kappa shape index (κ1) is 16.7. The van der Waals surface area contributed by atoms with Crippen LogP contribution in [-0.4, -0.2) is 63.8 Å². The van der Waals surface area contributed by atoms with Gasteiger partial charge in [0.05, 0.1) is 25.0 Å². The minimum Gasteiger partial charge on any atom is -0.463 e. The molecule has 4 rings (SSSR count). The van der Waals surface area contributed by atoms with Crippen LogP contribution in [0.2, 0.25) is 0 Å². The average Bonchev–Trinajstić information content (AvgIpc) is 3.34. The van der Waals surface area contributed by atoms with E-state index in [1.165, 1.54) is 0 Å². The highest BCUT2D eigenvalue weighted by atomic mass is 16.5. The van der Waals surface area contributed by atoms with Gasteiger partial charge in [-0.2, -0.15) is 0 Å². The van der Waals surface area contributed by atoms with Crippen molar-refractivity contribution in [2.24, 2.45) is 7.05 Å². The van der Waals surface area contributed by atoms with E-state index in [0.29, 0.717) is 11.7 Å². The van der Waals surface area contributed by atoms with Gasteiger partial charge in [-0.1, -0.05) is 0 Å². The van der Waals surface area contributed by atoms with Gasteiger partial charge in [-0.15, -0.1) is 0 Å². The second-order valence-electron chi connectivity index (χ2n) is 6.18. The van der Waals surface area contributed by atoms with Gasteiger partial charge >= 0.3 is 0 Å². The third kappa shape index (κ3) is 3.61. The van der Waals surface area contributed by atoms with Gasteiger partial charge in [0.2, 0.25) is 5.95 Å². The number of morpholine rings is 1. The molecular weight excluding hydrogens is 332 g/mol. The normalized spacial score (nSPS) is 15.3. The van der Waals surface area contributed by atoms with E-state index in [4.69, 9.17) is 9.15 Å². The highest BCUT2D eigenvalue weighted by molar-refractivity contribution is 5.75. The Morgan fingerprint density at radius 3 is 2.85 bits per heavy atom. The van der Waals surface area contributed by atoms with E-state index in [-0.39, 0.29) is 0 Å². The molecule has 8 nitrogen and oxygen atoms in total. The van der Waals surface area contributed by atoms with Gasteiger partial charge in [0.1, 0.15) is 11.5 Å². The highest BCUT2D eigenvalue weighted by Gasteiger charge is 2.17. The average molecular weight is 354 g/mol. The van der Waals surface area contributed by atoms with Crippen LogP contribution >= 0.6 is 0 Å². The number of anilines is 1. The third-order valence-electron chi connectivity index (χ3n) is 4.42. The van der Waals surface area contributed by atoms with Gasteiger partial charge in [0.25, 0.3) is 0 Å². The summed E-state index contributed by atoms with van der Waals surface area (Å²) >= 11 is 0. The minimum absolute atomic E-state index is 0.586. The monoisotopic (exact) mass is 354 g/mol. The molecule has 1 aliphatic rings. The largest absolute Gasteiger partial charge is 0.463 e. The Kier molecular flexibility index (Phi) is 4.94. The van der Waals surface area contributed by atoms with Crippen molar-refractivity contribution in [1.29, 1.82) is 0 Å². The molecule has 0 atom stereocenters. The van der Waals surface area contributed by atoms with E-state index < -0.39 is 0 Å². The van der Waals surface area contributed by atoms with E-state index in [1.807, 2.05) is 29.9 Å². The van der Waals surface area contributed by atoms with Crippen molar-refractivity contribution >= 4 is 5.95 Å². The lowest BCUT2D eigenvalue weighted by Crippen LogP contribution is -2.39. The predicted molar refractivity (Wildman–Crippen MR) is 97.7 cm³/mol. The smallest absolute Gasteiger partial charge is 0.223 e. The zero-order valence-corrected chi connectivity index (χ0v) is 14.8. The van der Waals surface area contributed by atoms with Crippen LogP contribution in [0.4, 0.5) is 5.95 Å². The van der Waals surface area contributed by atoms with Crippen LogP contribution in [0, 0.1) is 0 Å². The molecule has 3 aromatic heterocycles. The van der Waals surface area contributed by atoms with Crippen molar-refractivity contribution in [2.75, 3.05) is 44.7 Å². The summed E-state index contributed by atoms with van der Waals surface area (Å²) in [5, 5.41) is 3.31. The molecule has 0 saturated carbocycles. The Hall–Kier alpha value is -2.71. The Morgan fingerprint density at radius 2 is 2.12 bits per heavy atom. The Labute approximate surface area is 151 Å². The molecule has 1 N–H and O–H groups in total. The van der Waals surface area contributed by atoms with Crippen molar-refractivity contribution in [1.82, 2.24) is 24.4 Å². The molecule has 0 amide bonds. The predicted octanol–water partition coefficient (Wildman–Crippen LogP) is 1.88. The van der Waals surface area contributed by atoms with E-state index in [9.17, 15) is 0 Å². The van der Waals surface area contributed by atoms with Gasteiger partial charge in [0.15, 0.2) is 5.76 Å². The first-order valence-electron chi connectivity index (χ1n) is 8.74. The third-order valence-corrected chi connectivity index (χ3v) is 4.42. The summed E-state index contributed by atoms with van der Waals surface area (Å²) in [6.45, 7) is 5.26.